The largest absolute Gasteiger partial charge is 0.280 e. The van der Waals surface area contributed by atoms with Gasteiger partial charge < -0.3 is 0 Å². The Labute approximate surface area is 101 Å². The van der Waals surface area contributed by atoms with Gasteiger partial charge in [0.05, 0.1) is 26.6 Å². The highest BCUT2D eigenvalue weighted by Crippen LogP contribution is 2.35. The van der Waals surface area contributed by atoms with Crippen molar-refractivity contribution in [1.29, 1.82) is 0 Å². The molecule has 0 unspecified atom stereocenters. The number of rotatable bonds is 2. The molecular weight excluding hydrogens is 264 g/mol. The standard InChI is InChI=1S/C9H8N2O6S/c12-10(13)6-4-8(11(14)15)7-2-1-3-18(16,17)9(7)5-6/h4-5H,1-3H2. The number of nitro groups is 2. The van der Waals surface area contributed by atoms with Gasteiger partial charge in [0.15, 0.2) is 9.84 Å². The SMILES string of the molecule is O=[N+]([O-])c1cc([N+](=O)[O-])c2c(c1)S(=O)(=O)CCC2. The lowest BCUT2D eigenvalue weighted by atomic mass is 10.1. The van der Waals surface area contributed by atoms with Crippen molar-refractivity contribution in [2.75, 3.05) is 5.75 Å². The molecule has 18 heavy (non-hydrogen) atoms. The van der Waals surface area contributed by atoms with E-state index in [1.165, 1.54) is 0 Å². The van der Waals surface area contributed by atoms with Gasteiger partial charge in [0.2, 0.25) is 0 Å². The van der Waals surface area contributed by atoms with Crippen LogP contribution in [0.3, 0.4) is 0 Å². The number of hydrogen-bond donors (Lipinski definition) is 0. The average Bonchev–Trinajstić information content (AvgIpc) is 2.27. The number of benzene rings is 1. The molecule has 1 aromatic rings. The molecule has 0 atom stereocenters. The second-order valence-corrected chi connectivity index (χ2v) is 5.96. The minimum Gasteiger partial charge on any atom is -0.258 e. The third-order valence-electron chi connectivity index (χ3n) is 2.75. The van der Waals surface area contributed by atoms with Crippen LogP contribution in [0.4, 0.5) is 11.4 Å². The van der Waals surface area contributed by atoms with Crippen molar-refractivity contribution < 1.29 is 18.3 Å². The fourth-order valence-corrected chi connectivity index (χ4v) is 3.59. The van der Waals surface area contributed by atoms with Crippen molar-refractivity contribution in [1.82, 2.24) is 0 Å². The van der Waals surface area contributed by atoms with E-state index in [0.717, 1.165) is 12.1 Å². The van der Waals surface area contributed by atoms with Gasteiger partial charge in [-0.3, -0.25) is 20.2 Å². The lowest BCUT2D eigenvalue weighted by Crippen LogP contribution is -2.17. The highest BCUT2D eigenvalue weighted by molar-refractivity contribution is 7.91. The summed E-state index contributed by atoms with van der Waals surface area (Å²) in [6, 6.07) is 1.70. The summed E-state index contributed by atoms with van der Waals surface area (Å²) in [5.41, 5.74) is -1.01. The minimum atomic E-state index is -3.66. The Morgan fingerprint density at radius 3 is 2.33 bits per heavy atom. The molecule has 1 aliphatic heterocycles. The van der Waals surface area contributed by atoms with Crippen LogP contribution in [0.5, 0.6) is 0 Å². The van der Waals surface area contributed by atoms with Gasteiger partial charge in [0.25, 0.3) is 11.4 Å². The average molecular weight is 272 g/mol. The van der Waals surface area contributed by atoms with Gasteiger partial charge in [-0.1, -0.05) is 0 Å². The summed E-state index contributed by atoms with van der Waals surface area (Å²) in [6.45, 7) is 0. The lowest BCUT2D eigenvalue weighted by molar-refractivity contribution is -0.395. The molecule has 1 aromatic carbocycles. The van der Waals surface area contributed by atoms with Crippen LogP contribution in [-0.4, -0.2) is 24.0 Å². The topological polar surface area (TPSA) is 120 Å². The fraction of sp³-hybridized carbons (Fsp3) is 0.333. The zero-order chi connectivity index (χ0) is 13.5. The highest BCUT2D eigenvalue weighted by atomic mass is 32.2. The first kappa shape index (κ1) is 12.4. The number of fused-ring (bicyclic) bond motifs is 1. The quantitative estimate of drug-likeness (QED) is 0.589. The Hall–Kier alpha value is -2.03. The van der Waals surface area contributed by atoms with E-state index in [1.807, 2.05) is 0 Å². The molecule has 0 saturated carbocycles. The zero-order valence-electron chi connectivity index (χ0n) is 9.03. The van der Waals surface area contributed by atoms with Gasteiger partial charge in [-0.25, -0.2) is 8.42 Å². The monoisotopic (exact) mass is 272 g/mol. The third-order valence-corrected chi connectivity index (χ3v) is 4.61. The van der Waals surface area contributed by atoms with E-state index >= 15 is 0 Å². The molecule has 0 bridgehead atoms. The molecule has 2 rings (SSSR count). The smallest absolute Gasteiger partial charge is 0.258 e. The van der Waals surface area contributed by atoms with Crippen molar-refractivity contribution in [3.63, 3.8) is 0 Å². The molecule has 0 aliphatic carbocycles. The first-order valence-electron chi connectivity index (χ1n) is 5.01. The van der Waals surface area contributed by atoms with Crippen LogP contribution >= 0.6 is 0 Å². The molecule has 0 saturated heterocycles. The van der Waals surface area contributed by atoms with Crippen molar-refractivity contribution in [2.24, 2.45) is 0 Å². The zero-order valence-corrected chi connectivity index (χ0v) is 9.84. The van der Waals surface area contributed by atoms with Gasteiger partial charge in [-0.2, -0.15) is 0 Å². The molecule has 0 radical (unpaired) electrons. The Balaban J connectivity index is 2.81. The van der Waals surface area contributed by atoms with E-state index in [0.29, 0.717) is 0 Å². The number of non-ortho nitro benzene ring substituents is 1. The summed E-state index contributed by atoms with van der Waals surface area (Å²) in [5, 5.41) is 21.5. The Morgan fingerprint density at radius 2 is 1.78 bits per heavy atom. The predicted molar refractivity (Wildman–Crippen MR) is 60.1 cm³/mol. The van der Waals surface area contributed by atoms with Crippen molar-refractivity contribution in [3.8, 4) is 0 Å². The third kappa shape index (κ3) is 1.92. The molecule has 0 spiro atoms. The highest BCUT2D eigenvalue weighted by Gasteiger charge is 2.32. The van der Waals surface area contributed by atoms with Crippen molar-refractivity contribution >= 4 is 21.2 Å². The van der Waals surface area contributed by atoms with Crippen molar-refractivity contribution in [2.45, 2.75) is 17.7 Å². The first-order valence-corrected chi connectivity index (χ1v) is 6.66. The molecule has 8 nitrogen and oxygen atoms in total. The molecule has 0 N–H and O–H groups in total. The number of hydrogen-bond acceptors (Lipinski definition) is 6. The summed E-state index contributed by atoms with van der Waals surface area (Å²) in [4.78, 5) is 19.6. The summed E-state index contributed by atoms with van der Waals surface area (Å²) in [6.07, 6.45) is 0.525. The fourth-order valence-electron chi connectivity index (χ4n) is 1.96. The van der Waals surface area contributed by atoms with E-state index in [1.54, 1.807) is 0 Å². The molecular formula is C9H8N2O6S. The van der Waals surface area contributed by atoms with Crippen LogP contribution in [-0.2, 0) is 16.3 Å². The van der Waals surface area contributed by atoms with E-state index in [2.05, 4.69) is 0 Å². The van der Waals surface area contributed by atoms with E-state index in [9.17, 15) is 28.6 Å². The molecule has 0 amide bonds. The van der Waals surface area contributed by atoms with E-state index in [4.69, 9.17) is 0 Å². The molecule has 0 aromatic heterocycles. The number of nitrogens with zero attached hydrogens (tertiary/aromatic N) is 2. The summed E-state index contributed by atoms with van der Waals surface area (Å²) in [7, 11) is -3.66. The molecule has 96 valence electrons. The molecule has 0 fully saturated rings. The van der Waals surface area contributed by atoms with Crippen LogP contribution < -0.4 is 0 Å². The molecule has 9 heteroatoms. The van der Waals surface area contributed by atoms with Crippen molar-refractivity contribution in [3.05, 3.63) is 37.9 Å². The van der Waals surface area contributed by atoms with Gasteiger partial charge in [-0.05, 0) is 12.8 Å². The van der Waals surface area contributed by atoms with Crippen LogP contribution in [0, 0.1) is 20.2 Å². The second-order valence-electron chi connectivity index (χ2n) is 3.88. The van der Waals surface area contributed by atoms with Crippen LogP contribution in [0.15, 0.2) is 17.0 Å². The van der Waals surface area contributed by atoms with Crippen LogP contribution in [0.2, 0.25) is 0 Å². The summed E-state index contributed by atoms with van der Waals surface area (Å²) < 4.78 is 23.6. The van der Waals surface area contributed by atoms with Crippen LogP contribution in [0.1, 0.15) is 12.0 Å². The molecule has 1 heterocycles. The Kier molecular flexibility index (Phi) is 2.77. The Bertz CT molecular complexity index is 651. The predicted octanol–water partition coefficient (Wildman–Crippen LogP) is 1.22. The van der Waals surface area contributed by atoms with E-state index < -0.39 is 31.1 Å². The normalized spacial score (nSPS) is 16.9. The summed E-state index contributed by atoms with van der Waals surface area (Å²) >= 11 is 0. The number of sulfone groups is 1. The maximum atomic E-state index is 11.8. The maximum Gasteiger partial charge on any atom is 0.280 e. The van der Waals surface area contributed by atoms with Gasteiger partial charge >= 0.3 is 0 Å². The maximum absolute atomic E-state index is 11.8. The first-order chi connectivity index (χ1) is 8.33. The van der Waals surface area contributed by atoms with Gasteiger partial charge in [0.1, 0.15) is 0 Å². The van der Waals surface area contributed by atoms with Crippen LogP contribution in [0.25, 0.3) is 0 Å². The lowest BCUT2D eigenvalue weighted by Gasteiger charge is -2.15. The van der Waals surface area contributed by atoms with Gasteiger partial charge in [-0.15, -0.1) is 0 Å². The summed E-state index contributed by atoms with van der Waals surface area (Å²) in [5.74, 6) is -0.141. The second kappa shape index (κ2) is 4.02. The minimum absolute atomic E-state index is 0.0665. The number of nitro benzene ring substituents is 2. The van der Waals surface area contributed by atoms with Gasteiger partial charge in [0, 0.05) is 11.6 Å². The molecule has 1 aliphatic rings. The van der Waals surface area contributed by atoms with E-state index in [-0.39, 0.29) is 29.1 Å². The Morgan fingerprint density at radius 1 is 1.11 bits per heavy atom.